The van der Waals surface area contributed by atoms with Crippen LogP contribution in [-0.4, -0.2) is 13.2 Å². The quantitative estimate of drug-likeness (QED) is 0.798. The average Bonchev–Trinajstić information content (AvgIpc) is 2.41. The zero-order valence-electron chi connectivity index (χ0n) is 11.2. The smallest absolute Gasteiger partial charge is 0.130 e. The zero-order valence-corrected chi connectivity index (χ0v) is 11.2. The lowest BCUT2D eigenvalue weighted by molar-refractivity contribution is 0.326. The van der Waals surface area contributed by atoms with Crippen LogP contribution in [0.1, 0.15) is 13.8 Å². The molecule has 0 saturated carbocycles. The Morgan fingerprint density at radius 1 is 0.842 bits per heavy atom. The molecule has 0 heterocycles. The third-order valence-electron chi connectivity index (χ3n) is 2.72. The summed E-state index contributed by atoms with van der Waals surface area (Å²) in [5.41, 5.74) is 1.75. The van der Waals surface area contributed by atoms with Crippen LogP contribution in [0.2, 0.25) is 0 Å². The van der Waals surface area contributed by atoms with Gasteiger partial charge in [0.25, 0.3) is 0 Å². The van der Waals surface area contributed by atoms with E-state index in [2.05, 4.69) is 0 Å². The summed E-state index contributed by atoms with van der Waals surface area (Å²) in [4.78, 5) is 0. The van der Waals surface area contributed by atoms with Crippen LogP contribution in [0.15, 0.2) is 42.5 Å². The van der Waals surface area contributed by atoms with Crippen molar-refractivity contribution >= 4 is 0 Å². The van der Waals surface area contributed by atoms with Crippen molar-refractivity contribution in [1.29, 1.82) is 0 Å². The van der Waals surface area contributed by atoms with E-state index in [4.69, 9.17) is 9.47 Å². The minimum absolute atomic E-state index is 0.254. The van der Waals surface area contributed by atoms with Crippen LogP contribution in [-0.2, 0) is 0 Å². The highest BCUT2D eigenvalue weighted by Gasteiger charge is 2.12. The van der Waals surface area contributed by atoms with Crippen LogP contribution >= 0.6 is 0 Å². The molecule has 3 heteroatoms. The Labute approximate surface area is 112 Å². The first-order valence-corrected chi connectivity index (χ1v) is 6.40. The minimum Gasteiger partial charge on any atom is -0.493 e. The summed E-state index contributed by atoms with van der Waals surface area (Å²) < 4.78 is 24.3. The number of halogens is 1. The second-order valence-corrected chi connectivity index (χ2v) is 4.00. The van der Waals surface area contributed by atoms with Gasteiger partial charge in [0, 0.05) is 0 Å². The maximum absolute atomic E-state index is 13.0. The molecule has 2 aromatic carbocycles. The van der Waals surface area contributed by atoms with E-state index in [1.54, 1.807) is 12.1 Å². The minimum atomic E-state index is -0.254. The Balaban J connectivity index is 2.53. The van der Waals surface area contributed by atoms with Crippen molar-refractivity contribution in [2.24, 2.45) is 0 Å². The van der Waals surface area contributed by atoms with Crippen LogP contribution in [0, 0.1) is 5.82 Å². The van der Waals surface area contributed by atoms with Crippen molar-refractivity contribution in [3.8, 4) is 22.6 Å². The summed E-state index contributed by atoms with van der Waals surface area (Å²) in [5, 5.41) is 0. The van der Waals surface area contributed by atoms with Gasteiger partial charge in [-0.3, -0.25) is 0 Å². The van der Waals surface area contributed by atoms with Gasteiger partial charge in [-0.15, -0.1) is 0 Å². The van der Waals surface area contributed by atoms with Crippen LogP contribution in [0.4, 0.5) is 4.39 Å². The average molecular weight is 260 g/mol. The highest BCUT2D eigenvalue weighted by Crippen LogP contribution is 2.38. The lowest BCUT2D eigenvalue weighted by Gasteiger charge is -2.15. The van der Waals surface area contributed by atoms with Crippen molar-refractivity contribution in [1.82, 2.24) is 0 Å². The number of hydrogen-bond donors (Lipinski definition) is 0. The van der Waals surface area contributed by atoms with E-state index in [1.807, 2.05) is 32.0 Å². The number of ether oxygens (including phenoxy) is 2. The van der Waals surface area contributed by atoms with Crippen molar-refractivity contribution in [2.45, 2.75) is 13.8 Å². The molecule has 2 nitrogen and oxygen atoms in total. The van der Waals surface area contributed by atoms with Crippen molar-refractivity contribution in [3.05, 3.63) is 48.3 Å². The standard InChI is InChI=1S/C16H17FO2/c1-3-18-14-6-5-7-15(19-4-2)16(14)12-8-10-13(17)11-9-12/h5-11H,3-4H2,1-2H3. The first-order chi connectivity index (χ1) is 9.26. The van der Waals surface area contributed by atoms with Gasteiger partial charge in [-0.2, -0.15) is 0 Å². The van der Waals surface area contributed by atoms with Crippen LogP contribution in [0.5, 0.6) is 11.5 Å². The molecule has 0 radical (unpaired) electrons. The van der Waals surface area contributed by atoms with Crippen LogP contribution in [0.3, 0.4) is 0 Å². The number of benzene rings is 2. The lowest BCUT2D eigenvalue weighted by atomic mass is 10.0. The fourth-order valence-electron chi connectivity index (χ4n) is 1.96. The van der Waals surface area contributed by atoms with Crippen molar-refractivity contribution in [3.63, 3.8) is 0 Å². The van der Waals surface area contributed by atoms with Crippen LogP contribution in [0.25, 0.3) is 11.1 Å². The molecule has 0 fully saturated rings. The van der Waals surface area contributed by atoms with Gasteiger partial charge >= 0.3 is 0 Å². The molecule has 2 rings (SSSR count). The molecule has 0 atom stereocenters. The topological polar surface area (TPSA) is 18.5 Å². The van der Waals surface area contributed by atoms with E-state index in [1.165, 1.54) is 12.1 Å². The first kappa shape index (κ1) is 13.4. The van der Waals surface area contributed by atoms with Gasteiger partial charge in [0.1, 0.15) is 17.3 Å². The van der Waals surface area contributed by atoms with Crippen LogP contribution < -0.4 is 9.47 Å². The van der Waals surface area contributed by atoms with Gasteiger partial charge in [-0.05, 0) is 43.7 Å². The van der Waals surface area contributed by atoms with E-state index in [9.17, 15) is 4.39 Å². The summed E-state index contributed by atoms with van der Waals surface area (Å²) in [7, 11) is 0. The summed E-state index contributed by atoms with van der Waals surface area (Å²) in [6, 6.07) is 12.0. The molecular formula is C16H17FO2. The summed E-state index contributed by atoms with van der Waals surface area (Å²) >= 11 is 0. The lowest BCUT2D eigenvalue weighted by Crippen LogP contribution is -1.99. The highest BCUT2D eigenvalue weighted by molar-refractivity contribution is 5.76. The molecule has 0 saturated heterocycles. The second-order valence-electron chi connectivity index (χ2n) is 4.00. The van der Waals surface area contributed by atoms with E-state index in [0.29, 0.717) is 13.2 Å². The second kappa shape index (κ2) is 6.23. The monoisotopic (exact) mass is 260 g/mol. The maximum atomic E-state index is 13.0. The molecule has 0 aliphatic carbocycles. The highest BCUT2D eigenvalue weighted by atomic mass is 19.1. The van der Waals surface area contributed by atoms with E-state index in [-0.39, 0.29) is 5.82 Å². The molecule has 100 valence electrons. The molecule has 0 bridgehead atoms. The number of hydrogen-bond acceptors (Lipinski definition) is 2. The fourth-order valence-corrected chi connectivity index (χ4v) is 1.96. The SMILES string of the molecule is CCOc1cccc(OCC)c1-c1ccc(F)cc1. The van der Waals surface area contributed by atoms with Gasteiger partial charge in [0.15, 0.2) is 0 Å². The van der Waals surface area contributed by atoms with Gasteiger partial charge in [0.2, 0.25) is 0 Å². The molecule has 2 aromatic rings. The molecule has 0 aliphatic heterocycles. The van der Waals surface area contributed by atoms with E-state index >= 15 is 0 Å². The van der Waals surface area contributed by atoms with Crippen molar-refractivity contribution < 1.29 is 13.9 Å². The fraction of sp³-hybridized carbons (Fsp3) is 0.250. The summed E-state index contributed by atoms with van der Waals surface area (Å²) in [5.74, 6) is 1.25. The molecule has 0 amide bonds. The predicted octanol–water partition coefficient (Wildman–Crippen LogP) is 4.29. The van der Waals surface area contributed by atoms with E-state index < -0.39 is 0 Å². The van der Waals surface area contributed by atoms with E-state index in [0.717, 1.165) is 22.6 Å². The molecular weight excluding hydrogens is 243 g/mol. The Morgan fingerprint density at radius 3 is 1.84 bits per heavy atom. The Morgan fingerprint density at radius 2 is 1.37 bits per heavy atom. The predicted molar refractivity (Wildman–Crippen MR) is 74.2 cm³/mol. The molecule has 0 aromatic heterocycles. The summed E-state index contributed by atoms with van der Waals surface area (Å²) in [6.45, 7) is 5.01. The normalized spacial score (nSPS) is 10.3. The maximum Gasteiger partial charge on any atom is 0.130 e. The van der Waals surface area contributed by atoms with Gasteiger partial charge in [-0.1, -0.05) is 18.2 Å². The molecule has 0 aliphatic rings. The largest absolute Gasteiger partial charge is 0.493 e. The summed E-state index contributed by atoms with van der Waals surface area (Å²) in [6.07, 6.45) is 0. The Hall–Kier alpha value is -2.03. The van der Waals surface area contributed by atoms with Gasteiger partial charge in [0.05, 0.1) is 18.8 Å². The molecule has 0 N–H and O–H groups in total. The number of rotatable bonds is 5. The third-order valence-corrected chi connectivity index (χ3v) is 2.72. The van der Waals surface area contributed by atoms with Gasteiger partial charge < -0.3 is 9.47 Å². The molecule has 0 unspecified atom stereocenters. The Kier molecular flexibility index (Phi) is 4.39. The molecule has 19 heavy (non-hydrogen) atoms. The third kappa shape index (κ3) is 3.05. The molecule has 0 spiro atoms. The zero-order chi connectivity index (χ0) is 13.7. The van der Waals surface area contributed by atoms with Gasteiger partial charge in [-0.25, -0.2) is 4.39 Å². The Bertz CT molecular complexity index is 511. The van der Waals surface area contributed by atoms with Crippen molar-refractivity contribution in [2.75, 3.05) is 13.2 Å². The first-order valence-electron chi connectivity index (χ1n) is 6.40.